The van der Waals surface area contributed by atoms with E-state index in [1.165, 1.54) is 12.5 Å². The first-order valence-corrected chi connectivity index (χ1v) is 7.22. The van der Waals surface area contributed by atoms with Gasteiger partial charge in [0, 0.05) is 31.6 Å². The molecule has 0 radical (unpaired) electrons. The number of anilines is 1. The maximum Gasteiger partial charge on any atom is 0.170 e. The lowest BCUT2D eigenvalue weighted by molar-refractivity contribution is 0.318. The van der Waals surface area contributed by atoms with Gasteiger partial charge in [0.25, 0.3) is 0 Å². The van der Waals surface area contributed by atoms with Crippen LogP contribution in [0.25, 0.3) is 0 Å². The van der Waals surface area contributed by atoms with Gasteiger partial charge in [0.15, 0.2) is 5.84 Å². The zero-order chi connectivity index (χ0) is 13.8. The molecule has 1 aromatic heterocycles. The third kappa shape index (κ3) is 4.21. The molecule has 3 N–H and O–H groups in total. The fourth-order valence-corrected chi connectivity index (χ4v) is 1.87. The van der Waals surface area contributed by atoms with Crippen molar-refractivity contribution in [1.82, 2.24) is 4.98 Å². The van der Waals surface area contributed by atoms with Gasteiger partial charge >= 0.3 is 0 Å². The van der Waals surface area contributed by atoms with Crippen molar-refractivity contribution in [3.8, 4) is 0 Å². The number of hydrogen-bond donors (Lipinski definition) is 2. The highest BCUT2D eigenvalue weighted by Gasteiger charge is 2.09. The van der Waals surface area contributed by atoms with Crippen LogP contribution >= 0.6 is 0 Å². The Morgan fingerprint density at radius 1 is 1.61 bits per heavy atom. The molecule has 0 aliphatic rings. The average Bonchev–Trinajstić information content (AvgIpc) is 2.34. The quantitative estimate of drug-likeness (QED) is 0.328. The van der Waals surface area contributed by atoms with E-state index >= 15 is 0 Å². The number of pyridine rings is 1. The lowest BCUT2D eigenvalue weighted by Gasteiger charge is -2.17. The zero-order valence-electron chi connectivity index (χ0n) is 10.2. The van der Waals surface area contributed by atoms with E-state index in [0.29, 0.717) is 17.9 Å². The first kappa shape index (κ1) is 14.2. The first-order valence-electron chi connectivity index (χ1n) is 5.16. The van der Waals surface area contributed by atoms with E-state index in [0.717, 1.165) is 0 Å². The Morgan fingerprint density at radius 3 is 2.83 bits per heavy atom. The summed E-state index contributed by atoms with van der Waals surface area (Å²) in [5.41, 5.74) is 5.99. The van der Waals surface area contributed by atoms with Crippen LogP contribution < -0.4 is 10.6 Å². The van der Waals surface area contributed by atoms with E-state index in [1.54, 1.807) is 24.1 Å². The molecule has 0 amide bonds. The fourth-order valence-electron chi connectivity index (χ4n) is 1.26. The minimum atomic E-state index is -3.02. The highest BCUT2D eigenvalue weighted by atomic mass is 32.2. The van der Waals surface area contributed by atoms with Gasteiger partial charge in [0.2, 0.25) is 0 Å². The third-order valence-corrected chi connectivity index (χ3v) is 3.26. The van der Waals surface area contributed by atoms with Gasteiger partial charge in [0.05, 0.1) is 5.75 Å². The van der Waals surface area contributed by atoms with Crippen molar-refractivity contribution in [2.45, 2.75) is 0 Å². The van der Waals surface area contributed by atoms with Crippen LogP contribution in [0.4, 0.5) is 5.82 Å². The second-order valence-corrected chi connectivity index (χ2v) is 6.20. The number of aromatic nitrogens is 1. The number of nitrogens with zero attached hydrogens (tertiary/aromatic N) is 3. The molecular weight excluding hydrogens is 256 g/mol. The van der Waals surface area contributed by atoms with Crippen LogP contribution in [0.15, 0.2) is 23.5 Å². The van der Waals surface area contributed by atoms with E-state index in [-0.39, 0.29) is 11.6 Å². The third-order valence-electron chi connectivity index (χ3n) is 2.34. The molecule has 1 aromatic rings. The van der Waals surface area contributed by atoms with Crippen molar-refractivity contribution >= 4 is 21.5 Å². The van der Waals surface area contributed by atoms with Gasteiger partial charge in [-0.05, 0) is 12.1 Å². The summed E-state index contributed by atoms with van der Waals surface area (Å²) in [4.78, 5) is 5.79. The average molecular weight is 272 g/mol. The van der Waals surface area contributed by atoms with E-state index in [1.807, 2.05) is 0 Å². The maximum atomic E-state index is 11.1. The van der Waals surface area contributed by atoms with Crippen molar-refractivity contribution in [3.05, 3.63) is 23.9 Å². The lowest BCUT2D eigenvalue weighted by atomic mass is 10.2. The Labute approximate surface area is 106 Å². The summed E-state index contributed by atoms with van der Waals surface area (Å²) in [6.07, 6.45) is 2.70. The summed E-state index contributed by atoms with van der Waals surface area (Å²) in [5.74, 6) is 0.580. The van der Waals surface area contributed by atoms with E-state index < -0.39 is 9.84 Å². The van der Waals surface area contributed by atoms with Crippen molar-refractivity contribution in [3.63, 3.8) is 0 Å². The van der Waals surface area contributed by atoms with Crippen LogP contribution in [0.5, 0.6) is 0 Å². The van der Waals surface area contributed by atoms with Gasteiger partial charge < -0.3 is 15.8 Å². The Bertz CT molecular complexity index is 542. The van der Waals surface area contributed by atoms with Gasteiger partial charge in [-0.15, -0.1) is 0 Å². The van der Waals surface area contributed by atoms with Crippen molar-refractivity contribution in [1.29, 1.82) is 0 Å². The first-order chi connectivity index (χ1) is 8.33. The van der Waals surface area contributed by atoms with Crippen molar-refractivity contribution in [2.24, 2.45) is 10.9 Å². The van der Waals surface area contributed by atoms with Gasteiger partial charge in [-0.1, -0.05) is 5.16 Å². The largest absolute Gasteiger partial charge is 0.409 e. The SMILES string of the molecule is CN(CCS(C)(=O)=O)c1cc(/C(N)=N/O)ccn1. The maximum absolute atomic E-state index is 11.1. The molecule has 0 fully saturated rings. The topological polar surface area (TPSA) is 109 Å². The van der Waals surface area contributed by atoms with Gasteiger partial charge in [-0.3, -0.25) is 0 Å². The Kier molecular flexibility index (Phi) is 4.49. The molecule has 8 heteroatoms. The highest BCUT2D eigenvalue weighted by molar-refractivity contribution is 7.90. The van der Waals surface area contributed by atoms with E-state index in [4.69, 9.17) is 10.9 Å². The monoisotopic (exact) mass is 272 g/mol. The molecule has 0 atom stereocenters. The van der Waals surface area contributed by atoms with Gasteiger partial charge in [-0.25, -0.2) is 13.4 Å². The predicted molar refractivity (Wildman–Crippen MR) is 69.7 cm³/mol. The number of hydrogen-bond acceptors (Lipinski definition) is 6. The normalized spacial score (nSPS) is 12.4. The summed E-state index contributed by atoms with van der Waals surface area (Å²) < 4.78 is 22.1. The number of sulfone groups is 1. The summed E-state index contributed by atoms with van der Waals surface area (Å²) in [7, 11) is -1.29. The number of oxime groups is 1. The summed E-state index contributed by atoms with van der Waals surface area (Å²) in [6.45, 7) is 0.325. The van der Waals surface area contributed by atoms with Crippen LogP contribution in [0, 0.1) is 0 Å². The summed E-state index contributed by atoms with van der Waals surface area (Å²) in [5, 5.41) is 11.5. The smallest absolute Gasteiger partial charge is 0.170 e. The number of amidine groups is 1. The van der Waals surface area contributed by atoms with E-state index in [9.17, 15) is 8.42 Å². The number of nitrogens with two attached hydrogens (primary N) is 1. The fraction of sp³-hybridized carbons (Fsp3) is 0.400. The molecular formula is C10H16N4O3S. The van der Waals surface area contributed by atoms with Crippen LogP contribution in [-0.4, -0.2) is 50.0 Å². The van der Waals surface area contributed by atoms with Gasteiger partial charge in [0.1, 0.15) is 15.7 Å². The molecule has 0 aromatic carbocycles. The van der Waals surface area contributed by atoms with Crippen LogP contribution in [0.3, 0.4) is 0 Å². The minimum absolute atomic E-state index is 0.0184. The molecule has 0 bridgehead atoms. The van der Waals surface area contributed by atoms with E-state index in [2.05, 4.69) is 10.1 Å². The van der Waals surface area contributed by atoms with Crippen LogP contribution in [0.2, 0.25) is 0 Å². The van der Waals surface area contributed by atoms with Crippen LogP contribution in [-0.2, 0) is 9.84 Å². The molecule has 0 aliphatic carbocycles. The van der Waals surface area contributed by atoms with Crippen LogP contribution in [0.1, 0.15) is 5.56 Å². The predicted octanol–water partition coefficient (Wildman–Crippen LogP) is -0.343. The Balaban J connectivity index is 2.83. The Morgan fingerprint density at radius 2 is 2.28 bits per heavy atom. The second-order valence-electron chi connectivity index (χ2n) is 3.94. The highest BCUT2D eigenvalue weighted by Crippen LogP contribution is 2.10. The molecule has 1 heterocycles. The van der Waals surface area contributed by atoms with Crippen molar-refractivity contribution in [2.75, 3.05) is 30.5 Å². The Hall–Kier alpha value is -1.83. The molecule has 18 heavy (non-hydrogen) atoms. The molecule has 0 saturated heterocycles. The minimum Gasteiger partial charge on any atom is -0.409 e. The molecule has 0 spiro atoms. The summed E-state index contributed by atoms with van der Waals surface area (Å²) in [6, 6.07) is 3.22. The molecule has 1 rings (SSSR count). The zero-order valence-corrected chi connectivity index (χ0v) is 11.1. The van der Waals surface area contributed by atoms with Gasteiger partial charge in [-0.2, -0.15) is 0 Å². The van der Waals surface area contributed by atoms with Crippen molar-refractivity contribution < 1.29 is 13.6 Å². The summed E-state index contributed by atoms with van der Waals surface area (Å²) >= 11 is 0. The molecule has 0 saturated carbocycles. The molecule has 0 unspecified atom stereocenters. The molecule has 7 nitrogen and oxygen atoms in total. The number of rotatable bonds is 5. The molecule has 0 aliphatic heterocycles. The lowest BCUT2D eigenvalue weighted by Crippen LogP contribution is -2.26. The second kappa shape index (κ2) is 5.67. The molecule has 100 valence electrons. The standard InChI is InChI=1S/C10H16N4O3S/c1-14(5-6-18(2,16)17)9-7-8(3-4-12-9)10(11)13-15/h3-4,7,15H,5-6H2,1-2H3,(H2,11,13).